The van der Waals surface area contributed by atoms with Crippen LogP contribution in [0, 0.1) is 5.92 Å². The standard InChI is InChI=1S/C26H20Br2N2O5/c27-19-5-1-16(2-6-19)23(31)15-35-26(34)17-3-9-21(10-4-17)29-25(33)18-13-24(32)30(14-18)22-11-7-20(28)8-12-22/h1-12,18H,13-15H2,(H,29,33)/t18-/m0/s1. The summed E-state index contributed by atoms with van der Waals surface area (Å²) in [5, 5.41) is 2.79. The summed E-state index contributed by atoms with van der Waals surface area (Å²) >= 11 is 6.67. The third kappa shape index (κ3) is 6.23. The lowest BCUT2D eigenvalue weighted by atomic mass is 10.1. The van der Waals surface area contributed by atoms with Gasteiger partial charge in [0.2, 0.25) is 11.8 Å². The molecule has 0 spiro atoms. The number of hydrogen-bond donors (Lipinski definition) is 1. The molecule has 0 saturated carbocycles. The minimum Gasteiger partial charge on any atom is -0.454 e. The summed E-state index contributed by atoms with van der Waals surface area (Å²) < 4.78 is 6.87. The third-order valence-electron chi connectivity index (χ3n) is 5.52. The summed E-state index contributed by atoms with van der Waals surface area (Å²) in [4.78, 5) is 51.2. The largest absolute Gasteiger partial charge is 0.454 e. The molecule has 3 aromatic carbocycles. The lowest BCUT2D eigenvalue weighted by Crippen LogP contribution is -2.28. The zero-order valence-corrected chi connectivity index (χ0v) is 21.5. The Kier molecular flexibility index (Phi) is 7.77. The molecule has 7 nitrogen and oxygen atoms in total. The van der Waals surface area contributed by atoms with Crippen LogP contribution in [0.1, 0.15) is 27.1 Å². The molecule has 1 saturated heterocycles. The zero-order chi connectivity index (χ0) is 24.9. The van der Waals surface area contributed by atoms with Gasteiger partial charge in [0.15, 0.2) is 12.4 Å². The van der Waals surface area contributed by atoms with Gasteiger partial charge < -0.3 is 15.0 Å². The van der Waals surface area contributed by atoms with E-state index in [4.69, 9.17) is 4.74 Å². The van der Waals surface area contributed by atoms with E-state index >= 15 is 0 Å². The Balaban J connectivity index is 1.30. The number of anilines is 2. The highest BCUT2D eigenvalue weighted by Crippen LogP contribution is 2.27. The fourth-order valence-electron chi connectivity index (χ4n) is 3.62. The van der Waals surface area contributed by atoms with Crippen molar-refractivity contribution in [3.63, 3.8) is 0 Å². The number of Topliss-reactive ketones (excluding diaryl/α,β-unsaturated/α-hetero) is 1. The second-order valence-corrected chi connectivity index (χ2v) is 9.79. The highest BCUT2D eigenvalue weighted by atomic mass is 79.9. The number of carbonyl (C=O) groups excluding carboxylic acids is 4. The maximum absolute atomic E-state index is 12.7. The van der Waals surface area contributed by atoms with Crippen molar-refractivity contribution in [1.82, 2.24) is 0 Å². The van der Waals surface area contributed by atoms with Crippen molar-refractivity contribution in [3.05, 3.63) is 92.9 Å². The number of benzene rings is 3. The Morgan fingerprint density at radius 3 is 2.06 bits per heavy atom. The van der Waals surface area contributed by atoms with Crippen molar-refractivity contribution in [2.45, 2.75) is 6.42 Å². The first-order valence-corrected chi connectivity index (χ1v) is 12.3. The molecule has 0 unspecified atom stereocenters. The molecule has 0 bridgehead atoms. The topological polar surface area (TPSA) is 92.8 Å². The molecule has 1 N–H and O–H groups in total. The van der Waals surface area contributed by atoms with E-state index in [0.717, 1.165) is 14.6 Å². The van der Waals surface area contributed by atoms with Crippen LogP contribution < -0.4 is 10.2 Å². The Morgan fingerprint density at radius 1 is 0.857 bits per heavy atom. The smallest absolute Gasteiger partial charge is 0.338 e. The van der Waals surface area contributed by atoms with Crippen molar-refractivity contribution in [3.8, 4) is 0 Å². The molecule has 3 aromatic rings. The van der Waals surface area contributed by atoms with Gasteiger partial charge in [0.05, 0.1) is 11.5 Å². The second kappa shape index (κ2) is 11.0. The summed E-state index contributed by atoms with van der Waals surface area (Å²) in [5.41, 5.74) is 1.94. The summed E-state index contributed by atoms with van der Waals surface area (Å²) in [5.74, 6) is -1.81. The number of carbonyl (C=O) groups is 4. The molecule has 4 rings (SSSR count). The fourth-order valence-corrected chi connectivity index (χ4v) is 4.15. The Morgan fingerprint density at radius 2 is 1.43 bits per heavy atom. The SMILES string of the molecule is O=C(COC(=O)c1ccc(NC(=O)[C@H]2CC(=O)N(c3ccc(Br)cc3)C2)cc1)c1ccc(Br)cc1. The lowest BCUT2D eigenvalue weighted by molar-refractivity contribution is -0.122. The number of amides is 2. The molecule has 0 aromatic heterocycles. The average molecular weight is 600 g/mol. The number of esters is 1. The van der Waals surface area contributed by atoms with E-state index in [9.17, 15) is 19.2 Å². The van der Waals surface area contributed by atoms with Crippen molar-refractivity contribution in [2.24, 2.45) is 5.92 Å². The predicted octanol–water partition coefficient (Wildman–Crippen LogP) is 5.24. The third-order valence-corrected chi connectivity index (χ3v) is 6.58. The van der Waals surface area contributed by atoms with Gasteiger partial charge >= 0.3 is 5.97 Å². The molecule has 1 heterocycles. The van der Waals surface area contributed by atoms with Crippen LogP contribution in [0.4, 0.5) is 11.4 Å². The molecule has 0 radical (unpaired) electrons. The van der Waals surface area contributed by atoms with Crippen LogP contribution >= 0.6 is 31.9 Å². The van der Waals surface area contributed by atoms with Gasteiger partial charge in [0, 0.05) is 38.8 Å². The van der Waals surface area contributed by atoms with Gasteiger partial charge in [-0.05, 0) is 60.7 Å². The second-order valence-electron chi connectivity index (χ2n) is 7.95. The number of hydrogen-bond acceptors (Lipinski definition) is 5. The average Bonchev–Trinajstić information content (AvgIpc) is 3.25. The van der Waals surface area contributed by atoms with Gasteiger partial charge in [-0.1, -0.05) is 44.0 Å². The molecule has 1 atom stereocenters. The summed E-state index contributed by atoms with van der Waals surface area (Å²) in [6.45, 7) is -0.0768. The molecule has 35 heavy (non-hydrogen) atoms. The fraction of sp³-hybridized carbons (Fsp3) is 0.154. The Hall–Kier alpha value is -3.30. The molecule has 0 aliphatic carbocycles. The number of halogens is 2. The van der Waals surface area contributed by atoms with E-state index in [-0.39, 0.29) is 36.2 Å². The minimum atomic E-state index is -0.639. The van der Waals surface area contributed by atoms with E-state index in [1.807, 2.05) is 24.3 Å². The minimum absolute atomic E-state index is 0.108. The first kappa shape index (κ1) is 24.8. The summed E-state index contributed by atoms with van der Waals surface area (Å²) in [6, 6.07) is 20.3. The van der Waals surface area contributed by atoms with E-state index < -0.39 is 11.9 Å². The van der Waals surface area contributed by atoms with Gasteiger partial charge in [-0.25, -0.2) is 4.79 Å². The lowest BCUT2D eigenvalue weighted by Gasteiger charge is -2.17. The number of nitrogens with one attached hydrogen (secondary N) is 1. The number of ketones is 1. The van der Waals surface area contributed by atoms with Crippen LogP contribution in [0.2, 0.25) is 0 Å². The number of rotatable bonds is 7. The van der Waals surface area contributed by atoms with Crippen molar-refractivity contribution >= 4 is 66.8 Å². The molecular weight excluding hydrogens is 580 g/mol. The zero-order valence-electron chi connectivity index (χ0n) is 18.4. The normalized spacial score (nSPS) is 15.1. The maximum atomic E-state index is 12.7. The molecular formula is C26H20Br2N2O5. The predicted molar refractivity (Wildman–Crippen MR) is 138 cm³/mol. The monoisotopic (exact) mass is 598 g/mol. The van der Waals surface area contributed by atoms with Gasteiger partial charge in [0.25, 0.3) is 0 Å². The highest BCUT2D eigenvalue weighted by molar-refractivity contribution is 9.10. The van der Waals surface area contributed by atoms with Crippen LogP contribution in [0.3, 0.4) is 0 Å². The molecule has 1 aliphatic rings. The van der Waals surface area contributed by atoms with Crippen LogP contribution in [0.5, 0.6) is 0 Å². The summed E-state index contributed by atoms with van der Waals surface area (Å²) in [6.07, 6.45) is 0.124. The van der Waals surface area contributed by atoms with Crippen LogP contribution in [0.15, 0.2) is 81.7 Å². The molecule has 1 aliphatic heterocycles. The van der Waals surface area contributed by atoms with Crippen molar-refractivity contribution in [2.75, 3.05) is 23.4 Å². The van der Waals surface area contributed by atoms with Crippen LogP contribution in [0.25, 0.3) is 0 Å². The Bertz CT molecular complexity index is 1260. The molecule has 178 valence electrons. The first-order valence-electron chi connectivity index (χ1n) is 10.7. The van der Waals surface area contributed by atoms with E-state index in [0.29, 0.717) is 17.8 Å². The van der Waals surface area contributed by atoms with Crippen LogP contribution in [-0.4, -0.2) is 36.7 Å². The first-order chi connectivity index (χ1) is 16.8. The maximum Gasteiger partial charge on any atom is 0.338 e. The van der Waals surface area contributed by atoms with Gasteiger partial charge in [0.1, 0.15) is 0 Å². The van der Waals surface area contributed by atoms with Crippen LogP contribution in [-0.2, 0) is 14.3 Å². The Labute approximate surface area is 218 Å². The highest BCUT2D eigenvalue weighted by Gasteiger charge is 2.35. The van der Waals surface area contributed by atoms with E-state index in [1.165, 1.54) is 12.1 Å². The number of ether oxygens (including phenoxy) is 1. The summed E-state index contributed by atoms with van der Waals surface area (Å²) in [7, 11) is 0. The van der Waals surface area contributed by atoms with E-state index in [2.05, 4.69) is 37.2 Å². The van der Waals surface area contributed by atoms with Crippen molar-refractivity contribution in [1.29, 1.82) is 0 Å². The van der Waals surface area contributed by atoms with Gasteiger partial charge in [-0.3, -0.25) is 14.4 Å². The molecule has 9 heteroatoms. The quantitative estimate of drug-likeness (QED) is 0.296. The van der Waals surface area contributed by atoms with Gasteiger partial charge in [-0.2, -0.15) is 0 Å². The van der Waals surface area contributed by atoms with E-state index in [1.54, 1.807) is 41.3 Å². The number of nitrogens with zero attached hydrogens (tertiary/aromatic N) is 1. The molecule has 1 fully saturated rings. The van der Waals surface area contributed by atoms with Crippen molar-refractivity contribution < 1.29 is 23.9 Å². The molecule has 2 amide bonds. The van der Waals surface area contributed by atoms with Gasteiger partial charge in [-0.15, -0.1) is 0 Å².